The number of hydrogen-bond donors (Lipinski definition) is 4. The maximum atomic E-state index is 11.9. The maximum absolute atomic E-state index is 11.9. The van der Waals surface area contributed by atoms with E-state index in [1.165, 1.54) is 4.90 Å². The maximum Gasteiger partial charge on any atom is 0.251 e. The minimum Gasteiger partial charge on any atom is -0.368 e. The number of guanidine groups is 1. The Morgan fingerprint density at radius 1 is 1.03 bits per heavy atom. The Bertz CT molecular complexity index is 863. The SMILES string of the molecule is CCNC(=NCc1ccc(C(=O)NCC(N)=O)cc1)NCCSc1ccc(Cl)cc1.I. The Morgan fingerprint density at radius 3 is 2.32 bits per heavy atom. The third kappa shape index (κ3) is 10.7. The van der Waals surface area contributed by atoms with Gasteiger partial charge in [-0.1, -0.05) is 23.7 Å². The number of benzene rings is 2. The summed E-state index contributed by atoms with van der Waals surface area (Å²) in [6.45, 7) is 3.83. The predicted molar refractivity (Wildman–Crippen MR) is 138 cm³/mol. The zero-order valence-corrected chi connectivity index (χ0v) is 21.1. The molecular formula is C21H27ClIN5O2S. The van der Waals surface area contributed by atoms with Crippen LogP contribution >= 0.6 is 47.3 Å². The molecule has 0 spiro atoms. The van der Waals surface area contributed by atoms with Gasteiger partial charge in [0.1, 0.15) is 0 Å². The van der Waals surface area contributed by atoms with E-state index in [1.54, 1.807) is 23.9 Å². The molecule has 2 aromatic carbocycles. The highest BCUT2D eigenvalue weighted by Gasteiger charge is 2.06. The molecule has 0 heterocycles. The van der Waals surface area contributed by atoms with Crippen LogP contribution in [0.4, 0.5) is 0 Å². The number of nitrogens with two attached hydrogens (primary N) is 1. The quantitative estimate of drug-likeness (QED) is 0.115. The van der Waals surface area contributed by atoms with E-state index in [4.69, 9.17) is 17.3 Å². The van der Waals surface area contributed by atoms with Crippen LogP contribution in [0.1, 0.15) is 22.8 Å². The summed E-state index contributed by atoms with van der Waals surface area (Å²) in [6, 6.07) is 14.8. The van der Waals surface area contributed by atoms with Crippen LogP contribution < -0.4 is 21.7 Å². The molecule has 0 aromatic heterocycles. The van der Waals surface area contributed by atoms with Crippen LogP contribution in [-0.2, 0) is 11.3 Å². The molecule has 0 unspecified atom stereocenters. The average molecular weight is 576 g/mol. The summed E-state index contributed by atoms with van der Waals surface area (Å²) in [4.78, 5) is 28.4. The number of amides is 2. The van der Waals surface area contributed by atoms with Crippen LogP contribution in [0.5, 0.6) is 0 Å². The minimum absolute atomic E-state index is 0. The van der Waals surface area contributed by atoms with E-state index in [2.05, 4.69) is 20.9 Å². The number of aliphatic imine (C=N–C) groups is 1. The Kier molecular flexibility index (Phi) is 13.0. The van der Waals surface area contributed by atoms with E-state index in [9.17, 15) is 9.59 Å². The first kappa shape index (κ1) is 27.1. The highest BCUT2D eigenvalue weighted by Crippen LogP contribution is 2.19. The average Bonchev–Trinajstić information content (AvgIpc) is 2.74. The molecule has 0 bridgehead atoms. The van der Waals surface area contributed by atoms with Crippen LogP contribution in [-0.4, -0.2) is 43.2 Å². The summed E-state index contributed by atoms with van der Waals surface area (Å²) in [5, 5.41) is 9.73. The number of primary amides is 1. The van der Waals surface area contributed by atoms with Gasteiger partial charge in [0.2, 0.25) is 5.91 Å². The van der Waals surface area contributed by atoms with E-state index in [0.717, 1.165) is 35.4 Å². The number of rotatable bonds is 10. The van der Waals surface area contributed by atoms with Gasteiger partial charge in [0.25, 0.3) is 5.91 Å². The Morgan fingerprint density at radius 2 is 1.71 bits per heavy atom. The van der Waals surface area contributed by atoms with Crippen molar-refractivity contribution in [1.29, 1.82) is 0 Å². The number of halogens is 2. The van der Waals surface area contributed by atoms with Crippen molar-refractivity contribution in [3.63, 3.8) is 0 Å². The van der Waals surface area contributed by atoms with E-state index in [0.29, 0.717) is 12.1 Å². The molecule has 0 fully saturated rings. The molecule has 2 amide bonds. The molecular weight excluding hydrogens is 549 g/mol. The minimum atomic E-state index is -0.579. The zero-order chi connectivity index (χ0) is 21.8. The van der Waals surface area contributed by atoms with Gasteiger partial charge in [-0.15, -0.1) is 35.7 Å². The summed E-state index contributed by atoms with van der Waals surface area (Å²) in [5.74, 6) is 0.708. The topological polar surface area (TPSA) is 109 Å². The van der Waals surface area contributed by atoms with E-state index in [1.807, 2.05) is 43.3 Å². The molecule has 0 saturated carbocycles. The smallest absolute Gasteiger partial charge is 0.251 e. The lowest BCUT2D eigenvalue weighted by molar-refractivity contribution is -0.117. The molecule has 7 nitrogen and oxygen atoms in total. The van der Waals surface area contributed by atoms with Crippen LogP contribution in [0.3, 0.4) is 0 Å². The van der Waals surface area contributed by atoms with Crippen molar-refractivity contribution < 1.29 is 9.59 Å². The summed E-state index contributed by atoms with van der Waals surface area (Å²) >= 11 is 7.64. The van der Waals surface area contributed by atoms with Crippen LogP contribution in [0, 0.1) is 0 Å². The number of nitrogens with zero attached hydrogens (tertiary/aromatic N) is 1. The summed E-state index contributed by atoms with van der Waals surface area (Å²) in [5.41, 5.74) is 6.46. The van der Waals surface area contributed by atoms with Crippen LogP contribution in [0.25, 0.3) is 0 Å². The molecule has 0 aliphatic carbocycles. The van der Waals surface area contributed by atoms with Gasteiger partial charge in [0, 0.05) is 34.3 Å². The lowest BCUT2D eigenvalue weighted by Crippen LogP contribution is -2.38. The second-order valence-electron chi connectivity index (χ2n) is 6.27. The van der Waals surface area contributed by atoms with Gasteiger partial charge < -0.3 is 21.7 Å². The molecule has 2 aromatic rings. The second kappa shape index (κ2) is 14.9. The number of thioether (sulfide) groups is 1. The van der Waals surface area contributed by atoms with Gasteiger partial charge >= 0.3 is 0 Å². The van der Waals surface area contributed by atoms with E-state index in [-0.39, 0.29) is 36.4 Å². The number of carbonyl (C=O) groups excluding carboxylic acids is 2. The fourth-order valence-electron chi connectivity index (χ4n) is 2.41. The lowest BCUT2D eigenvalue weighted by Gasteiger charge is -2.11. The first-order valence-electron chi connectivity index (χ1n) is 9.54. The van der Waals surface area contributed by atoms with E-state index < -0.39 is 5.91 Å². The van der Waals surface area contributed by atoms with Crippen molar-refractivity contribution in [2.75, 3.05) is 25.4 Å². The number of hydrogen-bond acceptors (Lipinski definition) is 4. The van der Waals surface area contributed by atoms with Crippen molar-refractivity contribution in [3.05, 3.63) is 64.7 Å². The first-order valence-corrected chi connectivity index (χ1v) is 10.9. The van der Waals surface area contributed by atoms with Crippen molar-refractivity contribution in [3.8, 4) is 0 Å². The fraction of sp³-hybridized carbons (Fsp3) is 0.286. The predicted octanol–water partition coefficient (Wildman–Crippen LogP) is 3.02. The standard InChI is InChI=1S/C21H26ClN5O2S.HI/c1-2-24-21(25-11-12-30-18-9-7-17(22)8-10-18)27-13-15-3-5-16(6-4-15)20(29)26-14-19(23)28;/h3-10H,2,11-14H2,1H3,(H2,23,28)(H,26,29)(H2,24,25,27);1H. The fourth-order valence-corrected chi connectivity index (χ4v) is 3.31. The molecule has 0 saturated heterocycles. The van der Waals surface area contributed by atoms with Crippen molar-refractivity contribution >= 4 is 65.1 Å². The monoisotopic (exact) mass is 575 g/mol. The van der Waals surface area contributed by atoms with E-state index >= 15 is 0 Å². The highest BCUT2D eigenvalue weighted by molar-refractivity contribution is 14.0. The van der Waals surface area contributed by atoms with Crippen molar-refractivity contribution in [2.24, 2.45) is 10.7 Å². The van der Waals surface area contributed by atoms with Gasteiger partial charge in [-0.3, -0.25) is 9.59 Å². The lowest BCUT2D eigenvalue weighted by atomic mass is 10.1. The molecule has 0 aliphatic rings. The summed E-state index contributed by atoms with van der Waals surface area (Å²) in [6.07, 6.45) is 0. The molecule has 2 rings (SSSR count). The first-order chi connectivity index (χ1) is 14.5. The van der Waals surface area contributed by atoms with Crippen molar-refractivity contribution in [2.45, 2.75) is 18.4 Å². The van der Waals surface area contributed by atoms with Gasteiger partial charge in [0.15, 0.2) is 5.96 Å². The molecule has 168 valence electrons. The molecule has 5 N–H and O–H groups in total. The Labute approximate surface area is 209 Å². The highest BCUT2D eigenvalue weighted by atomic mass is 127. The van der Waals surface area contributed by atoms with Gasteiger partial charge in [-0.05, 0) is 48.9 Å². The van der Waals surface area contributed by atoms with Gasteiger partial charge in [-0.2, -0.15) is 0 Å². The molecule has 0 atom stereocenters. The van der Waals surface area contributed by atoms with Gasteiger partial charge in [0.05, 0.1) is 13.1 Å². The number of carbonyl (C=O) groups is 2. The van der Waals surface area contributed by atoms with Crippen LogP contribution in [0.2, 0.25) is 5.02 Å². The third-order valence-electron chi connectivity index (χ3n) is 3.88. The third-order valence-corrected chi connectivity index (χ3v) is 5.15. The Balaban J connectivity index is 0.00000480. The molecule has 31 heavy (non-hydrogen) atoms. The molecule has 10 heteroatoms. The normalized spacial score (nSPS) is 10.7. The number of nitrogens with one attached hydrogen (secondary N) is 3. The molecule has 0 aliphatic heterocycles. The second-order valence-corrected chi connectivity index (χ2v) is 7.88. The zero-order valence-electron chi connectivity index (χ0n) is 17.2. The van der Waals surface area contributed by atoms with Crippen LogP contribution in [0.15, 0.2) is 58.4 Å². The van der Waals surface area contributed by atoms with Gasteiger partial charge in [-0.25, -0.2) is 4.99 Å². The summed E-state index contributed by atoms with van der Waals surface area (Å²) in [7, 11) is 0. The largest absolute Gasteiger partial charge is 0.368 e. The summed E-state index contributed by atoms with van der Waals surface area (Å²) < 4.78 is 0. The Hall–Kier alpha value is -1.98. The molecule has 0 radical (unpaired) electrons. The van der Waals surface area contributed by atoms with Crippen molar-refractivity contribution in [1.82, 2.24) is 16.0 Å².